The molecule has 0 saturated carbocycles. The maximum atomic E-state index is 10.7. The van der Waals surface area contributed by atoms with Crippen LogP contribution in [-0.4, -0.2) is 27.2 Å². The highest BCUT2D eigenvalue weighted by atomic mass is 79.9. The molecule has 1 aromatic rings. The Morgan fingerprint density at radius 1 is 1.60 bits per heavy atom. The molecule has 0 aromatic carbocycles. The molecule has 1 aromatic heterocycles. The minimum Gasteiger partial charge on any atom is -0.451 e. The lowest BCUT2D eigenvalue weighted by atomic mass is 10.2. The third-order valence-corrected chi connectivity index (χ3v) is 3.05. The maximum absolute atomic E-state index is 10.7. The van der Waals surface area contributed by atoms with Gasteiger partial charge in [0, 0.05) is 12.7 Å². The summed E-state index contributed by atoms with van der Waals surface area (Å²) in [6.45, 7) is 1.41. The van der Waals surface area contributed by atoms with Crippen LogP contribution in [0.3, 0.4) is 0 Å². The standard InChI is InChI=1S/C9H11BrO4S/c1-5(11)15-4-6(12)9(13)7-2-3-8(10)14-7/h2-3,6,9,12-13H,4H2,1H3. The number of hydrogen-bond donors (Lipinski definition) is 2. The fraction of sp³-hybridized carbons (Fsp3) is 0.444. The minimum absolute atomic E-state index is 0.0955. The third kappa shape index (κ3) is 3.98. The van der Waals surface area contributed by atoms with E-state index in [0.717, 1.165) is 11.8 Å². The van der Waals surface area contributed by atoms with Crippen LogP contribution in [0.1, 0.15) is 18.8 Å². The van der Waals surface area contributed by atoms with Crippen LogP contribution in [0, 0.1) is 0 Å². The molecule has 0 amide bonds. The molecule has 0 saturated heterocycles. The van der Waals surface area contributed by atoms with E-state index in [1.807, 2.05) is 0 Å². The van der Waals surface area contributed by atoms with Crippen molar-refractivity contribution in [1.82, 2.24) is 0 Å². The Balaban J connectivity index is 2.52. The SMILES string of the molecule is CC(=O)SCC(O)C(O)c1ccc(Br)o1. The topological polar surface area (TPSA) is 70.7 Å². The molecule has 84 valence electrons. The van der Waals surface area contributed by atoms with Gasteiger partial charge in [0.25, 0.3) is 0 Å². The van der Waals surface area contributed by atoms with Gasteiger partial charge in [-0.1, -0.05) is 11.8 Å². The summed E-state index contributed by atoms with van der Waals surface area (Å²) in [6, 6.07) is 3.19. The number of aliphatic hydroxyl groups excluding tert-OH is 2. The second kappa shape index (κ2) is 5.69. The summed E-state index contributed by atoms with van der Waals surface area (Å²) in [7, 11) is 0. The molecule has 1 rings (SSSR count). The molecule has 0 aliphatic rings. The van der Waals surface area contributed by atoms with Crippen molar-refractivity contribution in [2.45, 2.75) is 19.1 Å². The van der Waals surface area contributed by atoms with Gasteiger partial charge in [-0.25, -0.2) is 0 Å². The van der Waals surface area contributed by atoms with Gasteiger partial charge in [-0.2, -0.15) is 0 Å². The molecular weight excluding hydrogens is 284 g/mol. The molecule has 6 heteroatoms. The lowest BCUT2D eigenvalue weighted by Crippen LogP contribution is -2.20. The third-order valence-electron chi connectivity index (χ3n) is 1.71. The van der Waals surface area contributed by atoms with Crippen molar-refractivity contribution in [3.63, 3.8) is 0 Å². The molecule has 2 atom stereocenters. The van der Waals surface area contributed by atoms with Crippen LogP contribution in [0.2, 0.25) is 0 Å². The average molecular weight is 295 g/mol. The molecule has 2 N–H and O–H groups in total. The molecule has 15 heavy (non-hydrogen) atoms. The van der Waals surface area contributed by atoms with E-state index in [0.29, 0.717) is 4.67 Å². The fourth-order valence-corrected chi connectivity index (χ4v) is 1.88. The molecule has 0 aliphatic carbocycles. The molecule has 0 spiro atoms. The average Bonchev–Trinajstić information content (AvgIpc) is 2.60. The van der Waals surface area contributed by atoms with Gasteiger partial charge in [0.1, 0.15) is 11.9 Å². The Morgan fingerprint density at radius 2 is 2.27 bits per heavy atom. The summed E-state index contributed by atoms with van der Waals surface area (Å²) in [6.07, 6.45) is -2.12. The van der Waals surface area contributed by atoms with Crippen molar-refractivity contribution in [1.29, 1.82) is 0 Å². The summed E-state index contributed by atoms with van der Waals surface area (Å²) in [4.78, 5) is 10.7. The van der Waals surface area contributed by atoms with Crippen LogP contribution in [-0.2, 0) is 4.79 Å². The van der Waals surface area contributed by atoms with Crippen molar-refractivity contribution in [3.05, 3.63) is 22.6 Å². The van der Waals surface area contributed by atoms with Crippen LogP contribution in [0.25, 0.3) is 0 Å². The van der Waals surface area contributed by atoms with Gasteiger partial charge in [0.05, 0.1) is 6.10 Å². The highest BCUT2D eigenvalue weighted by Crippen LogP contribution is 2.24. The normalized spacial score (nSPS) is 14.9. The van der Waals surface area contributed by atoms with Crippen LogP contribution in [0.4, 0.5) is 0 Å². The Labute approximate surface area is 99.8 Å². The lowest BCUT2D eigenvalue weighted by Gasteiger charge is -2.14. The summed E-state index contributed by atoms with van der Waals surface area (Å²) in [5.41, 5.74) is 0. The maximum Gasteiger partial charge on any atom is 0.185 e. The number of furan rings is 1. The molecule has 4 nitrogen and oxygen atoms in total. The van der Waals surface area contributed by atoms with Crippen molar-refractivity contribution in [2.24, 2.45) is 0 Å². The van der Waals surface area contributed by atoms with Gasteiger partial charge in [-0.15, -0.1) is 0 Å². The first-order valence-corrected chi connectivity index (χ1v) is 6.03. The van der Waals surface area contributed by atoms with Crippen molar-refractivity contribution >= 4 is 32.8 Å². The number of rotatable bonds is 4. The zero-order valence-corrected chi connectivity index (χ0v) is 10.4. The Kier molecular flexibility index (Phi) is 4.85. The number of carbonyl (C=O) groups is 1. The van der Waals surface area contributed by atoms with Crippen LogP contribution in [0.15, 0.2) is 21.2 Å². The van der Waals surface area contributed by atoms with E-state index < -0.39 is 12.2 Å². The molecule has 2 unspecified atom stereocenters. The highest BCUT2D eigenvalue weighted by molar-refractivity contribution is 9.10. The molecule has 0 radical (unpaired) electrons. The van der Waals surface area contributed by atoms with Crippen molar-refractivity contribution in [3.8, 4) is 0 Å². The number of hydrogen-bond acceptors (Lipinski definition) is 5. The summed E-state index contributed by atoms with van der Waals surface area (Å²) < 4.78 is 5.57. The van der Waals surface area contributed by atoms with E-state index in [1.165, 1.54) is 6.92 Å². The first-order valence-electron chi connectivity index (χ1n) is 4.25. The minimum atomic E-state index is -1.11. The van der Waals surface area contributed by atoms with Gasteiger partial charge in [-0.05, 0) is 28.1 Å². The molecule has 0 aliphatic heterocycles. The van der Waals surface area contributed by atoms with Gasteiger partial charge in [0.15, 0.2) is 9.78 Å². The molecule has 0 fully saturated rings. The zero-order valence-electron chi connectivity index (χ0n) is 8.01. The second-order valence-corrected chi connectivity index (χ2v) is 4.94. The van der Waals surface area contributed by atoms with E-state index in [1.54, 1.807) is 12.1 Å². The van der Waals surface area contributed by atoms with Crippen LogP contribution in [0.5, 0.6) is 0 Å². The van der Waals surface area contributed by atoms with Crippen LogP contribution >= 0.6 is 27.7 Å². The number of thioether (sulfide) groups is 1. The number of carbonyl (C=O) groups excluding carboxylic acids is 1. The van der Waals surface area contributed by atoms with E-state index >= 15 is 0 Å². The molecule has 1 heterocycles. The zero-order chi connectivity index (χ0) is 11.4. The predicted molar refractivity (Wildman–Crippen MR) is 60.5 cm³/mol. The first-order chi connectivity index (χ1) is 7.00. The summed E-state index contributed by atoms with van der Waals surface area (Å²) in [5, 5.41) is 19.1. The van der Waals surface area contributed by atoms with Crippen molar-refractivity contribution < 1.29 is 19.4 Å². The summed E-state index contributed by atoms with van der Waals surface area (Å²) in [5.74, 6) is 0.424. The number of halogens is 1. The van der Waals surface area contributed by atoms with E-state index in [2.05, 4.69) is 15.9 Å². The van der Waals surface area contributed by atoms with Gasteiger partial charge < -0.3 is 14.6 Å². The van der Waals surface area contributed by atoms with Gasteiger partial charge >= 0.3 is 0 Å². The molecule has 0 bridgehead atoms. The van der Waals surface area contributed by atoms with Gasteiger partial charge in [-0.3, -0.25) is 4.79 Å². The quantitative estimate of drug-likeness (QED) is 0.885. The Hall–Kier alpha value is -0.300. The van der Waals surface area contributed by atoms with Crippen molar-refractivity contribution in [2.75, 3.05) is 5.75 Å². The fourth-order valence-electron chi connectivity index (χ4n) is 0.971. The molecular formula is C9H11BrO4S. The monoisotopic (exact) mass is 294 g/mol. The first kappa shape index (κ1) is 12.8. The van der Waals surface area contributed by atoms with E-state index in [4.69, 9.17) is 4.42 Å². The Bertz CT molecular complexity index is 339. The lowest BCUT2D eigenvalue weighted by molar-refractivity contribution is -0.109. The van der Waals surface area contributed by atoms with E-state index in [9.17, 15) is 15.0 Å². The predicted octanol–water partition coefficient (Wildman–Crippen LogP) is 1.72. The van der Waals surface area contributed by atoms with Crippen LogP contribution < -0.4 is 0 Å². The highest BCUT2D eigenvalue weighted by Gasteiger charge is 2.21. The summed E-state index contributed by atoms with van der Waals surface area (Å²) >= 11 is 4.06. The van der Waals surface area contributed by atoms with Gasteiger partial charge in [0.2, 0.25) is 0 Å². The second-order valence-electron chi connectivity index (χ2n) is 2.96. The smallest absolute Gasteiger partial charge is 0.185 e. The largest absolute Gasteiger partial charge is 0.451 e. The Morgan fingerprint density at radius 3 is 2.73 bits per heavy atom. The van der Waals surface area contributed by atoms with E-state index in [-0.39, 0.29) is 16.6 Å². The number of aliphatic hydroxyl groups is 2.